The number of benzene rings is 4. The number of nitrogens with two attached hydrogens (primary N) is 2. The second-order valence-corrected chi connectivity index (χ2v) is 27.1. The number of methoxy groups -OCH3 is 1. The van der Waals surface area contributed by atoms with E-state index in [1.165, 1.54) is 87.2 Å². The molecule has 0 saturated carbocycles. The number of fused-ring (bicyclic) bond motifs is 35. The quantitative estimate of drug-likeness (QED) is 0.0420. The van der Waals surface area contributed by atoms with Gasteiger partial charge in [0.15, 0.2) is 6.61 Å². The maximum absolute atomic E-state index is 15.3. The van der Waals surface area contributed by atoms with Gasteiger partial charge in [-0.1, -0.05) is 24.3 Å². The summed E-state index contributed by atoms with van der Waals surface area (Å²) in [6.07, 6.45) is 3.33. The summed E-state index contributed by atoms with van der Waals surface area (Å²) in [7, 11) is 1.44. The molecule has 6 heterocycles. The Hall–Kier alpha value is -12.3. The topological polar surface area (TPSA) is 496 Å². The number of halogens is 2. The molecule has 33 nitrogen and oxygen atoms in total. The number of aromatic nitrogens is 4. The van der Waals surface area contributed by atoms with Gasteiger partial charge in [-0.2, -0.15) is 0 Å². The normalized spacial score (nSPS) is 23.2. The van der Waals surface area contributed by atoms with Crippen molar-refractivity contribution in [1.82, 2.24) is 78.0 Å². The van der Waals surface area contributed by atoms with Crippen LogP contribution in [0.25, 0.3) is 21.8 Å². The zero-order valence-corrected chi connectivity index (χ0v) is 60.3. The number of rotatable bonds is 17. The molecule has 35 heteroatoms. The van der Waals surface area contributed by atoms with Gasteiger partial charge in [-0.05, 0) is 142 Å². The minimum Gasteiger partial charge on any atom is -0.497 e. The van der Waals surface area contributed by atoms with Crippen LogP contribution >= 0.6 is 0 Å². The van der Waals surface area contributed by atoms with Crippen LogP contribution in [0, 0.1) is 11.6 Å². The number of carboxylic acid groups (broad SMARTS) is 1. The van der Waals surface area contributed by atoms with E-state index >= 15 is 23.6 Å². The Bertz CT molecular complexity index is 4480. The predicted molar refractivity (Wildman–Crippen MR) is 389 cm³/mol. The number of aliphatic carboxylic acids is 1. The molecule has 1 saturated heterocycles. The molecular weight excluding hydrogens is 1420 g/mol. The number of H-pyrrole nitrogens is 3. The zero-order chi connectivity index (χ0) is 78.6. The van der Waals surface area contributed by atoms with Gasteiger partial charge in [0, 0.05) is 98.2 Å². The predicted octanol–water partition coefficient (Wildman–Crippen LogP) is -0.0558. The van der Waals surface area contributed by atoms with Crippen LogP contribution in [0.3, 0.4) is 0 Å². The highest BCUT2D eigenvalue weighted by Crippen LogP contribution is 2.32. The van der Waals surface area contributed by atoms with Crippen molar-refractivity contribution < 1.29 is 85.7 Å². The number of ether oxygens (including phenoxy) is 2. The zero-order valence-electron chi connectivity index (χ0n) is 60.3. The van der Waals surface area contributed by atoms with Crippen molar-refractivity contribution in [3.8, 4) is 11.5 Å². The molecule has 580 valence electrons. The van der Waals surface area contributed by atoms with Crippen molar-refractivity contribution in [2.24, 2.45) is 11.5 Å². The van der Waals surface area contributed by atoms with Crippen LogP contribution < -0.4 is 74.1 Å². The summed E-state index contributed by atoms with van der Waals surface area (Å²) in [5, 5.41) is 36.9. The number of imidazole rings is 1. The van der Waals surface area contributed by atoms with Gasteiger partial charge in [0.1, 0.15) is 83.0 Å². The number of carbonyl (C=O) groups excluding carboxylic acids is 12. The summed E-state index contributed by atoms with van der Waals surface area (Å²) >= 11 is 0. The van der Waals surface area contributed by atoms with E-state index in [1.807, 2.05) is 0 Å². The summed E-state index contributed by atoms with van der Waals surface area (Å²) in [5.74, 6) is -13.5. The van der Waals surface area contributed by atoms with Gasteiger partial charge >= 0.3 is 5.97 Å². The average Bonchev–Trinajstić information content (AvgIpc) is 1.91. The minimum absolute atomic E-state index is 0.0210. The maximum Gasteiger partial charge on any atom is 0.305 e. The molecule has 10 atom stereocenters. The fourth-order valence-corrected chi connectivity index (χ4v) is 13.0. The van der Waals surface area contributed by atoms with Gasteiger partial charge in [0.05, 0.1) is 19.9 Å². The van der Waals surface area contributed by atoms with E-state index in [0.29, 0.717) is 34.3 Å². The van der Waals surface area contributed by atoms with Crippen molar-refractivity contribution in [2.45, 2.75) is 158 Å². The second-order valence-electron chi connectivity index (χ2n) is 27.1. The average molecular weight is 1510 g/mol. The molecule has 0 spiro atoms. The highest BCUT2D eigenvalue weighted by Gasteiger charge is 2.49. The third-order valence-corrected chi connectivity index (χ3v) is 19.0. The van der Waals surface area contributed by atoms with Crippen LogP contribution in [-0.2, 0) is 94.4 Å². The third-order valence-electron chi connectivity index (χ3n) is 19.0. The highest BCUT2D eigenvalue weighted by atomic mass is 19.1. The SMILES string of the molecule is COc1ccc(C[C@@H]2NC(=O)[C@H](Cc3cnc[nH]3)NC(=O)[C@H](CC(=O)O)NC(=O)[C@H](Cc3c[nH]c4ccc(F)cc34)NC(=O)[C@H](Cc3c[nH]c4ccc(F)cc34)NC(=O)[C@@H](C)NC(=O)[C@H](CCCCN)NC(=O)[C@@H](NC(C)=O)CCNC(=O)COc3ccc(cc3)C[C@@H](C(N)=O)NC(=O)[C@]3(C)CCCN3C2=O)cc1. The summed E-state index contributed by atoms with van der Waals surface area (Å²) in [4.78, 5) is 199. The van der Waals surface area contributed by atoms with Crippen LogP contribution in [-0.4, -0.2) is 200 Å². The number of amides is 12. The molecule has 3 aromatic heterocycles. The fourth-order valence-electron chi connectivity index (χ4n) is 13.0. The first-order valence-electron chi connectivity index (χ1n) is 35.4. The van der Waals surface area contributed by atoms with Crippen molar-refractivity contribution in [1.29, 1.82) is 0 Å². The van der Waals surface area contributed by atoms with Crippen molar-refractivity contribution in [3.05, 3.63) is 149 Å². The number of unbranched alkanes of at least 4 members (excludes halogenated alkanes) is 1. The number of primary amides is 1. The lowest BCUT2D eigenvalue weighted by molar-refractivity contribution is -0.147. The lowest BCUT2D eigenvalue weighted by Gasteiger charge is -2.37. The van der Waals surface area contributed by atoms with Crippen LogP contribution in [0.2, 0.25) is 0 Å². The molecule has 2 bridgehead atoms. The van der Waals surface area contributed by atoms with E-state index in [4.69, 9.17) is 20.9 Å². The van der Waals surface area contributed by atoms with E-state index in [2.05, 4.69) is 73.1 Å². The van der Waals surface area contributed by atoms with E-state index in [0.717, 1.165) is 19.1 Å². The smallest absolute Gasteiger partial charge is 0.305 e. The van der Waals surface area contributed by atoms with Crippen molar-refractivity contribution in [3.63, 3.8) is 0 Å². The minimum atomic E-state index is -2.08. The van der Waals surface area contributed by atoms with Gasteiger partial charge in [-0.3, -0.25) is 62.3 Å². The standard InChI is InChI=1S/C74H89F2N17O16/c1-39-65(99)87-57(28-43-34-81-52-19-13-45(75)30-50(43)52)68(102)88-58(29-44-35-82-53-20-14-46(76)31-51(44)53)69(103)90-60(33-63(96)97)71(105)89-59(32-47-36-79-38-83-47)70(104)91-61(27-42-9-15-48(108-4)16-10-42)72(106)93-25-7-22-74(93,3)73(107)92-56(64(78)98)26-41-11-17-49(18-12-41)109-37-62(95)80-24-21-55(85-40(2)94)67(101)86-54(66(100)84-39)8-5-6-23-77/h9-20,30-31,34-36,38-39,54-61,81-82H,5-8,21-29,32-33,37,77H2,1-4H3,(H2,78,98)(H,79,83)(H,80,95)(H,84,100)(H,85,94)(H,86,101)(H,87,99)(H,88,102)(H,89,105)(H,90,103)(H,91,104)(H,92,107)(H,96,97)/t39-,54+,55+,56+,57+,58+,59+,60+,61+,74+/m1/s1. The number of nitrogens with one attached hydrogen (secondary N) is 13. The molecule has 3 aliphatic heterocycles. The lowest BCUT2D eigenvalue weighted by atomic mass is 9.94. The van der Waals surface area contributed by atoms with Crippen LogP contribution in [0.4, 0.5) is 8.78 Å². The molecule has 18 N–H and O–H groups in total. The monoisotopic (exact) mass is 1510 g/mol. The van der Waals surface area contributed by atoms with Crippen LogP contribution in [0.1, 0.15) is 93.7 Å². The highest BCUT2D eigenvalue weighted by molar-refractivity contribution is 6.01. The van der Waals surface area contributed by atoms with E-state index < -0.39 is 181 Å². The Morgan fingerprint density at radius 2 is 1.25 bits per heavy atom. The summed E-state index contributed by atoms with van der Waals surface area (Å²) in [5.41, 5.74) is 12.5. The molecule has 4 aromatic carbocycles. The maximum atomic E-state index is 15.3. The number of carboxylic acids is 1. The molecule has 10 rings (SSSR count). The Balaban J connectivity index is 1.08. The molecule has 7 aromatic rings. The van der Waals surface area contributed by atoms with Gasteiger partial charge in [-0.25, -0.2) is 13.8 Å². The van der Waals surface area contributed by atoms with Crippen LogP contribution in [0.15, 0.2) is 110 Å². The van der Waals surface area contributed by atoms with E-state index in [-0.39, 0.29) is 97.9 Å². The number of nitrogens with zero attached hydrogens (tertiary/aromatic N) is 2. The number of hydrogen-bond acceptors (Lipinski definition) is 17. The Morgan fingerprint density at radius 3 is 1.82 bits per heavy atom. The lowest BCUT2D eigenvalue weighted by Crippen LogP contribution is -2.63. The van der Waals surface area contributed by atoms with E-state index in [1.54, 1.807) is 36.4 Å². The molecule has 0 unspecified atom stereocenters. The van der Waals surface area contributed by atoms with Gasteiger partial charge < -0.3 is 99.1 Å². The Labute approximate surface area is 623 Å². The summed E-state index contributed by atoms with van der Waals surface area (Å²) in [6.45, 7) is 3.35. The third kappa shape index (κ3) is 21.9. The van der Waals surface area contributed by atoms with Gasteiger partial charge in [0.25, 0.3) is 5.91 Å². The number of carbonyl (C=O) groups is 13. The first-order chi connectivity index (χ1) is 52.1. The van der Waals surface area contributed by atoms with Crippen molar-refractivity contribution in [2.75, 3.05) is 33.4 Å². The van der Waals surface area contributed by atoms with E-state index in [9.17, 15) is 52.6 Å². The van der Waals surface area contributed by atoms with Gasteiger partial charge in [0.2, 0.25) is 65.0 Å². The Morgan fingerprint density at radius 1 is 0.679 bits per heavy atom. The first kappa shape index (κ1) is 80.8. The van der Waals surface area contributed by atoms with Crippen molar-refractivity contribution >= 4 is 98.7 Å². The fraction of sp³-hybridized carbons (Fsp3) is 0.405. The largest absolute Gasteiger partial charge is 0.497 e. The molecule has 1 fully saturated rings. The summed E-state index contributed by atoms with van der Waals surface area (Å²) in [6, 6.07) is 5.60. The number of hydrogen-bond donors (Lipinski definition) is 16. The number of aromatic amines is 3. The molecule has 109 heavy (non-hydrogen) atoms. The van der Waals surface area contributed by atoms with Gasteiger partial charge in [-0.15, -0.1) is 0 Å². The molecular formula is C74H89F2N17O16. The molecule has 3 aliphatic rings. The first-order valence-corrected chi connectivity index (χ1v) is 35.4. The van der Waals surface area contributed by atoms with Crippen LogP contribution in [0.5, 0.6) is 11.5 Å². The molecule has 0 aliphatic carbocycles. The summed E-state index contributed by atoms with van der Waals surface area (Å²) < 4.78 is 41.1. The molecule has 12 amide bonds. The Kier molecular flexibility index (Phi) is 27.6. The molecule has 0 radical (unpaired) electrons. The second kappa shape index (κ2) is 37.3.